The van der Waals surface area contributed by atoms with Gasteiger partial charge in [0.15, 0.2) is 0 Å². The molecule has 0 bridgehead atoms. The number of hydrogen-bond donors (Lipinski definition) is 2. The molecule has 1 heterocycles. The molecule has 6 heteroatoms. The minimum atomic E-state index is -0.477. The molecule has 1 aromatic heterocycles. The van der Waals surface area contributed by atoms with Crippen LogP contribution in [-0.4, -0.2) is 28.7 Å². The van der Waals surface area contributed by atoms with E-state index in [1.54, 1.807) is 6.92 Å². The predicted octanol–water partition coefficient (Wildman–Crippen LogP) is 2.11. The van der Waals surface area contributed by atoms with Gasteiger partial charge in [0, 0.05) is 5.92 Å². The summed E-state index contributed by atoms with van der Waals surface area (Å²) >= 11 is 0. The normalized spacial score (nSPS) is 16.1. The highest BCUT2D eigenvalue weighted by atomic mass is 16.5. The molecule has 0 unspecified atom stereocenters. The number of ether oxygens (including phenoxy) is 1. The SMILES string of the molecule is CCOC(=O)c1cn[nH]c1NC(=O)C1CCCCC1. The van der Waals surface area contributed by atoms with Gasteiger partial charge in [-0.2, -0.15) is 5.10 Å². The van der Waals surface area contributed by atoms with Crippen LogP contribution < -0.4 is 5.32 Å². The van der Waals surface area contributed by atoms with Crippen molar-refractivity contribution in [3.63, 3.8) is 0 Å². The highest BCUT2D eigenvalue weighted by molar-refractivity contribution is 6.00. The molecule has 1 fully saturated rings. The van der Waals surface area contributed by atoms with E-state index in [-0.39, 0.29) is 17.4 Å². The van der Waals surface area contributed by atoms with Gasteiger partial charge in [-0.25, -0.2) is 4.79 Å². The van der Waals surface area contributed by atoms with E-state index in [0.29, 0.717) is 12.4 Å². The molecular formula is C13H19N3O3. The minimum Gasteiger partial charge on any atom is -0.462 e. The van der Waals surface area contributed by atoms with Gasteiger partial charge in [-0.3, -0.25) is 9.89 Å². The Morgan fingerprint density at radius 3 is 2.84 bits per heavy atom. The van der Waals surface area contributed by atoms with E-state index >= 15 is 0 Å². The molecular weight excluding hydrogens is 246 g/mol. The standard InChI is InChI=1S/C13H19N3O3/c1-2-19-13(18)10-8-14-16-11(10)15-12(17)9-6-4-3-5-7-9/h8-9H,2-7H2,1H3,(H2,14,15,16,17). The van der Waals surface area contributed by atoms with Crippen LogP contribution in [0.15, 0.2) is 6.20 Å². The predicted molar refractivity (Wildman–Crippen MR) is 69.7 cm³/mol. The summed E-state index contributed by atoms with van der Waals surface area (Å²) in [7, 11) is 0. The summed E-state index contributed by atoms with van der Waals surface area (Å²) in [5, 5.41) is 9.16. The summed E-state index contributed by atoms with van der Waals surface area (Å²) in [5.41, 5.74) is 0.269. The van der Waals surface area contributed by atoms with Crippen LogP contribution in [0.25, 0.3) is 0 Å². The molecule has 1 amide bonds. The third-order valence-corrected chi connectivity index (χ3v) is 3.36. The number of hydrogen-bond acceptors (Lipinski definition) is 4. The first-order valence-electron chi connectivity index (χ1n) is 6.73. The van der Waals surface area contributed by atoms with Crippen molar-refractivity contribution in [2.75, 3.05) is 11.9 Å². The van der Waals surface area contributed by atoms with Crippen LogP contribution in [0.2, 0.25) is 0 Å². The summed E-state index contributed by atoms with van der Waals surface area (Å²) in [5.74, 6) is -0.161. The van der Waals surface area contributed by atoms with Crippen molar-refractivity contribution in [1.82, 2.24) is 10.2 Å². The van der Waals surface area contributed by atoms with Crippen LogP contribution in [0.5, 0.6) is 0 Å². The Hall–Kier alpha value is -1.85. The van der Waals surface area contributed by atoms with Crippen molar-refractivity contribution < 1.29 is 14.3 Å². The number of carbonyl (C=O) groups excluding carboxylic acids is 2. The average Bonchev–Trinajstić information content (AvgIpc) is 2.88. The molecule has 0 aliphatic heterocycles. The van der Waals surface area contributed by atoms with Gasteiger partial charge >= 0.3 is 5.97 Å². The summed E-state index contributed by atoms with van der Waals surface area (Å²) in [6.07, 6.45) is 6.57. The second-order valence-corrected chi connectivity index (χ2v) is 4.70. The van der Waals surface area contributed by atoms with E-state index in [2.05, 4.69) is 15.5 Å². The molecule has 0 spiro atoms. The molecule has 0 radical (unpaired) electrons. The van der Waals surface area contributed by atoms with Crippen molar-refractivity contribution in [1.29, 1.82) is 0 Å². The molecule has 1 aliphatic carbocycles. The van der Waals surface area contributed by atoms with Crippen LogP contribution >= 0.6 is 0 Å². The molecule has 1 aliphatic rings. The van der Waals surface area contributed by atoms with Gasteiger partial charge in [0.05, 0.1) is 12.8 Å². The number of nitrogens with zero attached hydrogens (tertiary/aromatic N) is 1. The number of H-pyrrole nitrogens is 1. The third kappa shape index (κ3) is 3.33. The molecule has 2 rings (SSSR count). The molecule has 1 aromatic rings. The molecule has 0 atom stereocenters. The number of esters is 1. The van der Waals surface area contributed by atoms with Crippen LogP contribution in [-0.2, 0) is 9.53 Å². The van der Waals surface area contributed by atoms with Crippen molar-refractivity contribution in [3.8, 4) is 0 Å². The fourth-order valence-corrected chi connectivity index (χ4v) is 2.34. The molecule has 1 saturated carbocycles. The number of aromatic amines is 1. The summed E-state index contributed by atoms with van der Waals surface area (Å²) < 4.78 is 4.90. The van der Waals surface area contributed by atoms with E-state index in [4.69, 9.17) is 4.74 Å². The van der Waals surface area contributed by atoms with Gasteiger partial charge < -0.3 is 10.1 Å². The van der Waals surface area contributed by atoms with Crippen molar-refractivity contribution in [3.05, 3.63) is 11.8 Å². The molecule has 6 nitrogen and oxygen atoms in total. The number of rotatable bonds is 4. The van der Waals surface area contributed by atoms with Crippen LogP contribution in [0.3, 0.4) is 0 Å². The van der Waals surface area contributed by atoms with Crippen LogP contribution in [0.1, 0.15) is 49.4 Å². The van der Waals surface area contributed by atoms with E-state index in [9.17, 15) is 9.59 Å². The van der Waals surface area contributed by atoms with Crippen molar-refractivity contribution in [2.24, 2.45) is 5.92 Å². The van der Waals surface area contributed by atoms with Crippen molar-refractivity contribution in [2.45, 2.75) is 39.0 Å². The Morgan fingerprint density at radius 2 is 2.16 bits per heavy atom. The first-order valence-corrected chi connectivity index (χ1v) is 6.73. The molecule has 0 saturated heterocycles. The summed E-state index contributed by atoms with van der Waals surface area (Å²) in [6.45, 7) is 2.03. The maximum atomic E-state index is 12.1. The lowest BCUT2D eigenvalue weighted by Crippen LogP contribution is -2.25. The largest absolute Gasteiger partial charge is 0.462 e. The lowest BCUT2D eigenvalue weighted by atomic mass is 9.89. The lowest BCUT2D eigenvalue weighted by Gasteiger charge is -2.20. The summed E-state index contributed by atoms with van der Waals surface area (Å²) in [6, 6.07) is 0. The second-order valence-electron chi connectivity index (χ2n) is 4.70. The van der Waals surface area contributed by atoms with Crippen LogP contribution in [0, 0.1) is 5.92 Å². The quantitative estimate of drug-likeness (QED) is 0.816. The van der Waals surface area contributed by atoms with Gasteiger partial charge in [-0.05, 0) is 19.8 Å². The highest BCUT2D eigenvalue weighted by Gasteiger charge is 2.23. The molecule has 2 N–H and O–H groups in total. The van der Waals surface area contributed by atoms with Gasteiger partial charge in [-0.15, -0.1) is 0 Å². The van der Waals surface area contributed by atoms with Gasteiger partial charge in [-0.1, -0.05) is 19.3 Å². The zero-order valence-electron chi connectivity index (χ0n) is 11.1. The van der Waals surface area contributed by atoms with Gasteiger partial charge in [0.25, 0.3) is 0 Å². The molecule has 19 heavy (non-hydrogen) atoms. The second kappa shape index (κ2) is 6.36. The van der Waals surface area contributed by atoms with Gasteiger partial charge in [0.1, 0.15) is 11.4 Å². The number of amides is 1. The number of nitrogens with one attached hydrogen (secondary N) is 2. The summed E-state index contributed by atoms with van der Waals surface area (Å²) in [4.78, 5) is 23.7. The monoisotopic (exact) mass is 265 g/mol. The number of aromatic nitrogens is 2. The zero-order valence-corrected chi connectivity index (χ0v) is 11.1. The fraction of sp³-hybridized carbons (Fsp3) is 0.615. The van der Waals surface area contributed by atoms with E-state index in [1.165, 1.54) is 12.6 Å². The van der Waals surface area contributed by atoms with Crippen LogP contribution in [0.4, 0.5) is 5.82 Å². The zero-order chi connectivity index (χ0) is 13.7. The smallest absolute Gasteiger partial charge is 0.343 e. The topological polar surface area (TPSA) is 84.1 Å². The Kier molecular flexibility index (Phi) is 4.54. The highest BCUT2D eigenvalue weighted by Crippen LogP contribution is 2.25. The fourth-order valence-electron chi connectivity index (χ4n) is 2.34. The molecule has 104 valence electrons. The first-order chi connectivity index (χ1) is 9.22. The Balaban J connectivity index is 2.00. The van der Waals surface area contributed by atoms with Gasteiger partial charge in [0.2, 0.25) is 5.91 Å². The van der Waals surface area contributed by atoms with E-state index in [1.807, 2.05) is 0 Å². The molecule has 0 aromatic carbocycles. The minimum absolute atomic E-state index is 0.0343. The Bertz CT molecular complexity index is 450. The average molecular weight is 265 g/mol. The number of anilines is 1. The van der Waals surface area contributed by atoms with E-state index < -0.39 is 5.97 Å². The number of carbonyl (C=O) groups is 2. The maximum absolute atomic E-state index is 12.1. The lowest BCUT2D eigenvalue weighted by molar-refractivity contribution is -0.120. The maximum Gasteiger partial charge on any atom is 0.343 e. The Labute approximate surface area is 111 Å². The Morgan fingerprint density at radius 1 is 1.42 bits per heavy atom. The van der Waals surface area contributed by atoms with Crippen molar-refractivity contribution >= 4 is 17.7 Å². The first kappa shape index (κ1) is 13.6. The van der Waals surface area contributed by atoms with E-state index in [0.717, 1.165) is 25.7 Å². The third-order valence-electron chi connectivity index (χ3n) is 3.36.